The highest BCUT2D eigenvalue weighted by atomic mass is 15.4. The largest absolute Gasteiger partial charge is 0.325 e. The Kier molecular flexibility index (Phi) is 5.41. The molecule has 0 bridgehead atoms. The minimum atomic E-state index is 0.637. The van der Waals surface area contributed by atoms with Crippen LogP contribution in [0.2, 0.25) is 0 Å². The lowest BCUT2D eigenvalue weighted by Gasteiger charge is -2.12. The van der Waals surface area contributed by atoms with Gasteiger partial charge in [0.15, 0.2) is 5.82 Å². The molecule has 9 nitrogen and oxygen atoms in total. The Hall–Kier alpha value is -4.58. The zero-order valence-corrected chi connectivity index (χ0v) is 20.2. The molecule has 4 aromatic heterocycles. The Balaban J connectivity index is 1.40. The summed E-state index contributed by atoms with van der Waals surface area (Å²) < 4.78 is 3.87. The summed E-state index contributed by atoms with van der Waals surface area (Å²) in [6.45, 7) is 4.97. The molecule has 6 rings (SSSR count). The number of anilines is 2. The van der Waals surface area contributed by atoms with Gasteiger partial charge in [-0.1, -0.05) is 19.1 Å². The van der Waals surface area contributed by atoms with Crippen molar-refractivity contribution in [2.75, 3.05) is 5.32 Å². The number of aryl methyl sites for hydroxylation is 1. The van der Waals surface area contributed by atoms with Gasteiger partial charge >= 0.3 is 0 Å². The molecule has 1 aliphatic carbocycles. The van der Waals surface area contributed by atoms with E-state index < -0.39 is 0 Å². The average Bonchev–Trinajstić information content (AvgIpc) is 3.59. The van der Waals surface area contributed by atoms with Crippen LogP contribution in [0.4, 0.5) is 11.6 Å². The van der Waals surface area contributed by atoms with Crippen LogP contribution in [-0.4, -0.2) is 34.5 Å². The average molecular weight is 476 g/mol. The van der Waals surface area contributed by atoms with E-state index in [1.54, 1.807) is 23.4 Å². The molecule has 1 N–H and O–H groups in total. The van der Waals surface area contributed by atoms with Crippen LogP contribution in [0, 0.1) is 24.2 Å². The van der Waals surface area contributed by atoms with E-state index in [1.165, 1.54) is 12.8 Å². The molecule has 1 fully saturated rings. The van der Waals surface area contributed by atoms with E-state index in [2.05, 4.69) is 43.0 Å². The van der Waals surface area contributed by atoms with E-state index in [1.807, 2.05) is 43.3 Å². The molecule has 5 aromatic rings. The minimum Gasteiger partial charge on any atom is -0.325 e. The van der Waals surface area contributed by atoms with Gasteiger partial charge < -0.3 is 5.32 Å². The van der Waals surface area contributed by atoms with Gasteiger partial charge in [-0.3, -0.25) is 4.98 Å². The maximum Gasteiger partial charge on any atom is 0.159 e. The smallest absolute Gasteiger partial charge is 0.159 e. The van der Waals surface area contributed by atoms with Crippen LogP contribution in [0.1, 0.15) is 36.6 Å². The Bertz CT molecular complexity index is 1600. The molecular weight excluding hydrogens is 450 g/mol. The normalized spacial score (nSPS) is 13.1. The van der Waals surface area contributed by atoms with Crippen LogP contribution in [-0.2, 0) is 13.0 Å². The van der Waals surface area contributed by atoms with Crippen molar-refractivity contribution in [1.82, 2.24) is 34.5 Å². The third-order valence-electron chi connectivity index (χ3n) is 6.60. The molecule has 1 saturated carbocycles. The molecule has 9 heteroatoms. The summed E-state index contributed by atoms with van der Waals surface area (Å²) in [6, 6.07) is 13.6. The van der Waals surface area contributed by atoms with E-state index in [-0.39, 0.29) is 0 Å². The summed E-state index contributed by atoms with van der Waals surface area (Å²) in [5.74, 6) is 2.92. The lowest BCUT2D eigenvalue weighted by Crippen LogP contribution is -2.09. The minimum absolute atomic E-state index is 0.637. The van der Waals surface area contributed by atoms with Crippen molar-refractivity contribution in [3.8, 4) is 23.1 Å². The van der Waals surface area contributed by atoms with Gasteiger partial charge in [-0.25, -0.2) is 19.3 Å². The summed E-state index contributed by atoms with van der Waals surface area (Å²) in [6.07, 6.45) is 8.37. The summed E-state index contributed by atoms with van der Waals surface area (Å²) in [4.78, 5) is 13.3. The lowest BCUT2D eigenvalue weighted by atomic mass is 10.0. The number of aromatic nitrogens is 7. The summed E-state index contributed by atoms with van der Waals surface area (Å²) in [7, 11) is 0. The Morgan fingerprint density at radius 2 is 1.94 bits per heavy atom. The molecular formula is C27H25N9. The van der Waals surface area contributed by atoms with E-state index >= 15 is 0 Å². The van der Waals surface area contributed by atoms with E-state index in [0.29, 0.717) is 23.1 Å². The van der Waals surface area contributed by atoms with Gasteiger partial charge in [-0.15, -0.1) is 0 Å². The number of fused-ring (bicyclic) bond motifs is 1. The van der Waals surface area contributed by atoms with Crippen LogP contribution >= 0.6 is 0 Å². The number of nitrogens with one attached hydrogen (secondary N) is 1. The number of nitriles is 1. The molecule has 0 amide bonds. The molecule has 1 aromatic carbocycles. The number of benzene rings is 1. The van der Waals surface area contributed by atoms with Crippen LogP contribution in [0.3, 0.4) is 0 Å². The van der Waals surface area contributed by atoms with Crippen molar-refractivity contribution in [1.29, 1.82) is 5.26 Å². The van der Waals surface area contributed by atoms with Gasteiger partial charge in [0, 0.05) is 35.3 Å². The van der Waals surface area contributed by atoms with Gasteiger partial charge in [-0.05, 0) is 50.3 Å². The van der Waals surface area contributed by atoms with Gasteiger partial charge in [0.25, 0.3) is 0 Å². The van der Waals surface area contributed by atoms with E-state index in [0.717, 1.165) is 52.2 Å². The second-order valence-corrected chi connectivity index (χ2v) is 9.12. The first kappa shape index (κ1) is 21.9. The topological polar surface area (TPSA) is 110 Å². The van der Waals surface area contributed by atoms with Crippen molar-refractivity contribution in [3.05, 3.63) is 71.9 Å². The SMILES string of the molecule is CCc1c(-c2ccc(C#N)cc2)nn(CC2CC2)c1Nc1cc(-n2nc(C)c3ccncc32)ncn1. The van der Waals surface area contributed by atoms with Gasteiger partial charge in [0.05, 0.1) is 34.7 Å². The van der Waals surface area contributed by atoms with Crippen LogP contribution in [0.25, 0.3) is 28.0 Å². The van der Waals surface area contributed by atoms with E-state index in [4.69, 9.17) is 5.10 Å². The first-order valence-corrected chi connectivity index (χ1v) is 12.1. The van der Waals surface area contributed by atoms with E-state index in [9.17, 15) is 5.26 Å². The fraction of sp³-hybridized carbons (Fsp3) is 0.259. The fourth-order valence-corrected chi connectivity index (χ4v) is 4.53. The molecule has 0 spiro atoms. The number of nitrogens with zero attached hydrogens (tertiary/aromatic N) is 8. The third-order valence-corrected chi connectivity index (χ3v) is 6.60. The van der Waals surface area contributed by atoms with Crippen molar-refractivity contribution in [2.24, 2.45) is 5.92 Å². The van der Waals surface area contributed by atoms with Gasteiger partial charge in [-0.2, -0.15) is 15.5 Å². The fourth-order valence-electron chi connectivity index (χ4n) is 4.53. The third kappa shape index (κ3) is 3.96. The standard InChI is InChI=1S/C27H25N9/c1-3-21-26(20-8-6-18(13-28)7-9-20)34-35(15-19-4-5-19)27(21)32-24-12-25(31-16-30-24)36-23-14-29-11-10-22(23)17(2)33-36/h6-12,14,16,19H,3-5,15H2,1-2H3,(H,30,31,32). The maximum absolute atomic E-state index is 9.18. The number of hydrogen-bond donors (Lipinski definition) is 1. The molecule has 178 valence electrons. The predicted octanol–water partition coefficient (Wildman–Crippen LogP) is 4.97. The second kappa shape index (κ2) is 8.89. The molecule has 0 radical (unpaired) electrons. The highest BCUT2D eigenvalue weighted by Gasteiger charge is 2.26. The lowest BCUT2D eigenvalue weighted by molar-refractivity contribution is 0.571. The van der Waals surface area contributed by atoms with Crippen LogP contribution in [0.5, 0.6) is 0 Å². The molecule has 0 unspecified atom stereocenters. The Labute approximate surface area is 208 Å². The zero-order chi connectivity index (χ0) is 24.6. The second-order valence-electron chi connectivity index (χ2n) is 9.12. The molecule has 0 saturated heterocycles. The number of pyridine rings is 1. The van der Waals surface area contributed by atoms with Gasteiger partial charge in [0.1, 0.15) is 18.0 Å². The van der Waals surface area contributed by atoms with Crippen molar-refractivity contribution < 1.29 is 0 Å². The van der Waals surface area contributed by atoms with Crippen molar-refractivity contribution in [3.63, 3.8) is 0 Å². The molecule has 1 aliphatic rings. The highest BCUT2D eigenvalue weighted by Crippen LogP contribution is 2.36. The zero-order valence-electron chi connectivity index (χ0n) is 20.2. The first-order chi connectivity index (χ1) is 17.6. The highest BCUT2D eigenvalue weighted by molar-refractivity contribution is 5.82. The predicted molar refractivity (Wildman–Crippen MR) is 137 cm³/mol. The quantitative estimate of drug-likeness (QED) is 0.354. The maximum atomic E-state index is 9.18. The molecule has 0 aliphatic heterocycles. The molecule has 4 heterocycles. The van der Waals surface area contributed by atoms with Gasteiger partial charge in [0.2, 0.25) is 0 Å². The Morgan fingerprint density at radius 3 is 2.69 bits per heavy atom. The molecule has 36 heavy (non-hydrogen) atoms. The van der Waals surface area contributed by atoms with Crippen molar-refractivity contribution in [2.45, 2.75) is 39.7 Å². The monoisotopic (exact) mass is 475 g/mol. The van der Waals surface area contributed by atoms with Crippen molar-refractivity contribution >= 4 is 22.5 Å². The summed E-state index contributed by atoms with van der Waals surface area (Å²) >= 11 is 0. The first-order valence-electron chi connectivity index (χ1n) is 12.1. The van der Waals surface area contributed by atoms with Crippen LogP contribution in [0.15, 0.2) is 55.1 Å². The number of hydrogen-bond acceptors (Lipinski definition) is 7. The Morgan fingerprint density at radius 1 is 1.11 bits per heavy atom. The number of rotatable bonds is 7. The summed E-state index contributed by atoms with van der Waals surface area (Å²) in [5, 5.41) is 23.5. The van der Waals surface area contributed by atoms with Crippen LogP contribution < -0.4 is 5.32 Å². The molecule has 0 atom stereocenters. The summed E-state index contributed by atoms with van der Waals surface area (Å²) in [5.41, 5.74) is 5.50.